The summed E-state index contributed by atoms with van der Waals surface area (Å²) < 4.78 is 0. The van der Waals surface area contributed by atoms with E-state index in [4.69, 9.17) is 0 Å². The first kappa shape index (κ1) is 15.1. The van der Waals surface area contributed by atoms with Crippen molar-refractivity contribution >= 4 is 40.3 Å². The molecule has 2 aromatic carbocycles. The molecule has 1 saturated heterocycles. The normalized spacial score (nSPS) is 17.4. The zero-order valence-electron chi connectivity index (χ0n) is 11.8. The Morgan fingerprint density at radius 2 is 1.70 bits per heavy atom. The van der Waals surface area contributed by atoms with Gasteiger partial charge in [0, 0.05) is 5.69 Å². The number of carbonyl (C=O) groups is 3. The molecule has 2 aromatic rings. The van der Waals surface area contributed by atoms with Crippen LogP contribution in [0.15, 0.2) is 54.6 Å². The van der Waals surface area contributed by atoms with Crippen LogP contribution in [0, 0.1) is 0 Å². The molecule has 116 valence electrons. The average Bonchev–Trinajstić information content (AvgIpc) is 2.82. The van der Waals surface area contributed by atoms with Gasteiger partial charge in [-0.05, 0) is 41.6 Å². The van der Waals surface area contributed by atoms with Crippen molar-refractivity contribution < 1.29 is 19.5 Å². The third-order valence-electron chi connectivity index (χ3n) is 3.28. The van der Waals surface area contributed by atoms with Crippen molar-refractivity contribution in [1.29, 1.82) is 0 Å². The maximum atomic E-state index is 12.4. The van der Waals surface area contributed by atoms with Crippen molar-refractivity contribution in [3.63, 3.8) is 0 Å². The summed E-state index contributed by atoms with van der Waals surface area (Å²) in [5.41, 5.74) is 1.11. The third-order valence-corrected chi connectivity index (χ3v) is 4.22. The number of carboxylic acids is 1. The summed E-state index contributed by atoms with van der Waals surface area (Å²) in [6.07, 6.45) is 0. The number of benzene rings is 2. The summed E-state index contributed by atoms with van der Waals surface area (Å²) >= 11 is 0.880. The maximum Gasteiger partial charge on any atom is 0.295 e. The highest BCUT2D eigenvalue weighted by atomic mass is 32.2. The quantitative estimate of drug-likeness (QED) is 0.919. The van der Waals surface area contributed by atoms with Gasteiger partial charge in [-0.15, -0.1) is 0 Å². The average molecular weight is 327 g/mol. The van der Waals surface area contributed by atoms with Gasteiger partial charge < -0.3 is 15.2 Å². The number of carbonyl (C=O) groups excluding carboxylic acids is 3. The highest BCUT2D eigenvalue weighted by Crippen LogP contribution is 2.32. The smallest absolute Gasteiger partial charge is 0.295 e. The van der Waals surface area contributed by atoms with Crippen LogP contribution in [0.1, 0.15) is 10.4 Å². The Kier molecular flexibility index (Phi) is 4.03. The molecule has 1 N–H and O–H groups in total. The number of hydrogen-bond donors (Lipinski definition) is 1. The number of hydrogen-bond acceptors (Lipinski definition) is 6. The van der Waals surface area contributed by atoms with Crippen LogP contribution in [0.3, 0.4) is 0 Å². The summed E-state index contributed by atoms with van der Waals surface area (Å²) in [5, 5.41) is 12.5. The molecule has 0 radical (unpaired) electrons. The van der Waals surface area contributed by atoms with E-state index in [0.29, 0.717) is 11.4 Å². The van der Waals surface area contributed by atoms with E-state index in [-0.39, 0.29) is 16.7 Å². The van der Waals surface area contributed by atoms with Crippen molar-refractivity contribution in [2.24, 2.45) is 0 Å². The number of rotatable bonds is 4. The molecule has 0 saturated carbocycles. The molecule has 2 amide bonds. The fourth-order valence-corrected chi connectivity index (χ4v) is 3.07. The van der Waals surface area contributed by atoms with Gasteiger partial charge in [0.1, 0.15) is 0 Å². The van der Waals surface area contributed by atoms with Gasteiger partial charge >= 0.3 is 0 Å². The van der Waals surface area contributed by atoms with Crippen LogP contribution >= 0.6 is 11.8 Å². The van der Waals surface area contributed by atoms with E-state index in [1.54, 1.807) is 30.3 Å². The number of anilines is 2. The first-order chi connectivity index (χ1) is 11.1. The minimum atomic E-state index is -1.27. The standard InChI is InChI=1S/C16H12N2O4S/c19-14-13(17-11-8-6-10(7-9-11)15(20)21)23-16(22)18(14)12-4-2-1-3-5-12/h1-9,13,17H,(H,20,21)/p-1/t13-/m0/s1. The summed E-state index contributed by atoms with van der Waals surface area (Å²) in [6, 6.07) is 14.5. The lowest BCUT2D eigenvalue weighted by molar-refractivity contribution is -0.255. The van der Waals surface area contributed by atoms with Crippen LogP contribution < -0.4 is 15.3 Å². The van der Waals surface area contributed by atoms with Crippen LogP contribution in [0.4, 0.5) is 16.2 Å². The van der Waals surface area contributed by atoms with Gasteiger partial charge in [-0.1, -0.05) is 30.3 Å². The number of amides is 2. The number of para-hydroxylation sites is 1. The van der Waals surface area contributed by atoms with Gasteiger partial charge in [-0.25, -0.2) is 4.90 Å². The number of aromatic carboxylic acids is 1. The van der Waals surface area contributed by atoms with Crippen LogP contribution in [-0.4, -0.2) is 22.5 Å². The van der Waals surface area contributed by atoms with Crippen LogP contribution in [0.2, 0.25) is 0 Å². The minimum Gasteiger partial charge on any atom is -0.545 e. The highest BCUT2D eigenvalue weighted by Gasteiger charge is 2.40. The molecule has 1 aliphatic heterocycles. The molecule has 1 heterocycles. The minimum absolute atomic E-state index is 0.0444. The Labute approximate surface area is 136 Å². The number of nitrogens with one attached hydrogen (secondary N) is 1. The molecular weight excluding hydrogens is 316 g/mol. The number of imide groups is 1. The van der Waals surface area contributed by atoms with Crippen LogP contribution in [0.25, 0.3) is 0 Å². The van der Waals surface area contributed by atoms with E-state index in [1.807, 2.05) is 0 Å². The van der Waals surface area contributed by atoms with Crippen molar-refractivity contribution in [1.82, 2.24) is 0 Å². The Bertz CT molecular complexity index is 761. The van der Waals surface area contributed by atoms with Gasteiger partial charge in [0.05, 0.1) is 11.7 Å². The molecule has 0 aromatic heterocycles. The predicted octanol–water partition coefficient (Wildman–Crippen LogP) is 1.69. The zero-order valence-corrected chi connectivity index (χ0v) is 12.6. The van der Waals surface area contributed by atoms with E-state index in [2.05, 4.69) is 5.32 Å². The highest BCUT2D eigenvalue weighted by molar-refractivity contribution is 8.16. The first-order valence-electron chi connectivity index (χ1n) is 6.74. The fraction of sp³-hybridized carbons (Fsp3) is 0.0625. The summed E-state index contributed by atoms with van der Waals surface area (Å²) in [5.74, 6) is -1.64. The Balaban J connectivity index is 1.76. The second-order valence-electron chi connectivity index (χ2n) is 4.78. The topological polar surface area (TPSA) is 89.5 Å². The lowest BCUT2D eigenvalue weighted by Gasteiger charge is -2.15. The third kappa shape index (κ3) is 3.04. The summed E-state index contributed by atoms with van der Waals surface area (Å²) in [6.45, 7) is 0. The van der Waals surface area contributed by atoms with E-state index in [0.717, 1.165) is 16.7 Å². The number of thioether (sulfide) groups is 1. The predicted molar refractivity (Wildman–Crippen MR) is 85.1 cm³/mol. The van der Waals surface area contributed by atoms with Crippen molar-refractivity contribution in [3.05, 3.63) is 60.2 Å². The largest absolute Gasteiger partial charge is 0.545 e. The SMILES string of the molecule is O=C([O-])c1ccc(N[C@H]2SC(=O)N(c3ccccc3)C2=O)cc1. The monoisotopic (exact) mass is 327 g/mol. The molecule has 0 bridgehead atoms. The molecule has 0 unspecified atom stereocenters. The lowest BCUT2D eigenvalue weighted by Crippen LogP contribution is -2.34. The first-order valence-corrected chi connectivity index (χ1v) is 7.62. The molecule has 7 heteroatoms. The van der Waals surface area contributed by atoms with Crippen molar-refractivity contribution in [3.8, 4) is 0 Å². The van der Waals surface area contributed by atoms with Crippen molar-refractivity contribution in [2.75, 3.05) is 10.2 Å². The number of carboxylic acid groups (broad SMARTS) is 1. The van der Waals surface area contributed by atoms with Gasteiger partial charge in [0.15, 0.2) is 5.37 Å². The molecular formula is C16H11N2O4S-. The van der Waals surface area contributed by atoms with E-state index < -0.39 is 11.3 Å². The molecule has 0 aliphatic carbocycles. The Morgan fingerprint density at radius 1 is 1.04 bits per heavy atom. The Hall–Kier alpha value is -2.80. The molecule has 1 fully saturated rings. The van der Waals surface area contributed by atoms with Crippen molar-refractivity contribution in [2.45, 2.75) is 5.37 Å². The van der Waals surface area contributed by atoms with Gasteiger partial charge in [0.2, 0.25) is 0 Å². The molecule has 1 atom stereocenters. The van der Waals surface area contributed by atoms with Gasteiger partial charge in [-0.2, -0.15) is 0 Å². The van der Waals surface area contributed by atoms with E-state index in [1.165, 1.54) is 24.3 Å². The zero-order chi connectivity index (χ0) is 16.4. The second kappa shape index (κ2) is 6.13. The molecule has 0 spiro atoms. The second-order valence-corrected chi connectivity index (χ2v) is 5.84. The van der Waals surface area contributed by atoms with E-state index >= 15 is 0 Å². The van der Waals surface area contributed by atoms with Crippen LogP contribution in [0.5, 0.6) is 0 Å². The lowest BCUT2D eigenvalue weighted by atomic mass is 10.2. The summed E-state index contributed by atoms with van der Waals surface area (Å²) in [7, 11) is 0. The summed E-state index contributed by atoms with van der Waals surface area (Å²) in [4.78, 5) is 36.3. The Morgan fingerprint density at radius 3 is 2.30 bits per heavy atom. The van der Waals surface area contributed by atoms with Gasteiger partial charge in [-0.3, -0.25) is 9.59 Å². The number of nitrogens with zero attached hydrogens (tertiary/aromatic N) is 1. The fourth-order valence-electron chi connectivity index (χ4n) is 2.17. The van der Waals surface area contributed by atoms with Crippen LogP contribution in [-0.2, 0) is 4.79 Å². The molecule has 23 heavy (non-hydrogen) atoms. The van der Waals surface area contributed by atoms with E-state index in [9.17, 15) is 19.5 Å². The van der Waals surface area contributed by atoms with Gasteiger partial charge in [0.25, 0.3) is 11.1 Å². The maximum absolute atomic E-state index is 12.4. The molecule has 6 nitrogen and oxygen atoms in total. The molecule has 3 rings (SSSR count). The molecule has 1 aliphatic rings.